The third kappa shape index (κ3) is 2.20. The molecule has 0 saturated heterocycles. The fraction of sp³-hybridized carbons (Fsp3) is 0.222. The molecule has 1 unspecified atom stereocenters. The molecule has 2 N–H and O–H groups in total. The summed E-state index contributed by atoms with van der Waals surface area (Å²) < 4.78 is 1.99. The Hall–Kier alpha value is -3.22. The number of nitrogens with one attached hydrogen (secondary N) is 2. The molecule has 0 bridgehead atoms. The van der Waals surface area contributed by atoms with Crippen LogP contribution in [0.1, 0.15) is 19.4 Å². The molecule has 1 aromatic carbocycles. The number of nitrogens with zero attached hydrogens (tertiary/aromatic N) is 3. The number of benzene rings is 1. The minimum Gasteiger partial charge on any atom is -0.350 e. The van der Waals surface area contributed by atoms with Gasteiger partial charge in [-0.3, -0.25) is 9.59 Å². The molecule has 0 radical (unpaired) electrons. The van der Waals surface area contributed by atoms with E-state index < -0.39 is 5.92 Å². The van der Waals surface area contributed by atoms with Crippen LogP contribution in [0.15, 0.2) is 46.2 Å². The Labute approximate surface area is 144 Å². The summed E-state index contributed by atoms with van der Waals surface area (Å²) in [6, 6.07) is 7.90. The number of para-hydroxylation sites is 1. The lowest BCUT2D eigenvalue weighted by Gasteiger charge is -2.16. The van der Waals surface area contributed by atoms with Gasteiger partial charge in [-0.15, -0.1) is 0 Å². The van der Waals surface area contributed by atoms with Gasteiger partial charge in [0.05, 0.1) is 17.0 Å². The summed E-state index contributed by atoms with van der Waals surface area (Å²) in [5, 5.41) is 9.07. The fourth-order valence-corrected chi connectivity index (χ4v) is 3.52. The van der Waals surface area contributed by atoms with Crippen LogP contribution < -0.4 is 10.9 Å². The molecule has 7 heteroatoms. The third-order valence-electron chi connectivity index (χ3n) is 4.68. The van der Waals surface area contributed by atoms with Gasteiger partial charge in [0.1, 0.15) is 5.92 Å². The van der Waals surface area contributed by atoms with E-state index in [1.807, 2.05) is 42.1 Å². The molecule has 2 aliphatic heterocycles. The molecule has 2 amide bonds. The molecule has 2 aliphatic rings. The average Bonchev–Trinajstić information content (AvgIpc) is 3.22. The van der Waals surface area contributed by atoms with E-state index in [0.717, 1.165) is 16.5 Å². The van der Waals surface area contributed by atoms with E-state index in [1.54, 1.807) is 13.8 Å². The Morgan fingerprint density at radius 1 is 1.12 bits per heavy atom. The van der Waals surface area contributed by atoms with Crippen molar-refractivity contribution in [3.8, 4) is 0 Å². The minimum absolute atomic E-state index is 0.236. The first-order valence-electron chi connectivity index (χ1n) is 7.96. The van der Waals surface area contributed by atoms with Gasteiger partial charge in [0.2, 0.25) is 0 Å². The Kier molecular flexibility index (Phi) is 3.31. The zero-order valence-electron chi connectivity index (χ0n) is 14.1. The van der Waals surface area contributed by atoms with Gasteiger partial charge >= 0.3 is 0 Å². The Morgan fingerprint density at radius 2 is 1.88 bits per heavy atom. The summed E-state index contributed by atoms with van der Waals surface area (Å²) in [6.45, 7) is 3.55. The van der Waals surface area contributed by atoms with Crippen LogP contribution in [-0.4, -0.2) is 27.8 Å². The number of carbonyl (C=O) groups is 2. The Morgan fingerprint density at radius 3 is 2.52 bits per heavy atom. The summed E-state index contributed by atoms with van der Waals surface area (Å²) in [6.07, 6.45) is 1.95. The molecule has 25 heavy (non-hydrogen) atoms. The maximum atomic E-state index is 12.5. The number of hydrazone groups is 2. The molecule has 0 saturated carbocycles. The highest BCUT2D eigenvalue weighted by molar-refractivity contribution is 6.32. The Balaban J connectivity index is 2.07. The Bertz CT molecular complexity index is 1030. The second-order valence-corrected chi connectivity index (χ2v) is 6.26. The molecule has 2 aromatic rings. The van der Waals surface area contributed by atoms with E-state index in [9.17, 15) is 9.59 Å². The fourth-order valence-electron chi connectivity index (χ4n) is 3.52. The van der Waals surface area contributed by atoms with Crippen LogP contribution in [0.5, 0.6) is 0 Å². The number of amides is 2. The van der Waals surface area contributed by atoms with Gasteiger partial charge in [-0.1, -0.05) is 18.2 Å². The topological polar surface area (TPSA) is 87.8 Å². The highest BCUT2D eigenvalue weighted by atomic mass is 16.2. The monoisotopic (exact) mass is 335 g/mol. The summed E-state index contributed by atoms with van der Waals surface area (Å²) >= 11 is 0. The maximum absolute atomic E-state index is 12.5. The number of hydrogen-bond donors (Lipinski definition) is 2. The summed E-state index contributed by atoms with van der Waals surface area (Å²) in [5.41, 5.74) is 9.16. The van der Waals surface area contributed by atoms with Crippen molar-refractivity contribution in [1.82, 2.24) is 15.4 Å². The number of hydrogen-bond acceptors (Lipinski definition) is 4. The van der Waals surface area contributed by atoms with Gasteiger partial charge in [-0.05, 0) is 25.5 Å². The predicted molar refractivity (Wildman–Crippen MR) is 95.8 cm³/mol. The van der Waals surface area contributed by atoms with Gasteiger partial charge in [0.15, 0.2) is 0 Å². The molecule has 0 spiro atoms. The van der Waals surface area contributed by atoms with Crippen molar-refractivity contribution >= 4 is 39.7 Å². The lowest BCUT2D eigenvalue weighted by Crippen LogP contribution is -2.27. The van der Waals surface area contributed by atoms with Crippen LogP contribution in [0, 0.1) is 5.92 Å². The number of carbonyl (C=O) groups excluding carboxylic acids is 2. The first kappa shape index (κ1) is 15.3. The third-order valence-corrected chi connectivity index (χ3v) is 4.68. The molecule has 7 nitrogen and oxygen atoms in total. The van der Waals surface area contributed by atoms with Gasteiger partial charge in [0.25, 0.3) is 11.8 Å². The van der Waals surface area contributed by atoms with Crippen LogP contribution in [0.25, 0.3) is 16.5 Å². The van der Waals surface area contributed by atoms with Gasteiger partial charge in [0, 0.05) is 29.7 Å². The molecule has 1 aromatic heterocycles. The van der Waals surface area contributed by atoms with Crippen molar-refractivity contribution in [2.75, 3.05) is 0 Å². The minimum atomic E-state index is -0.616. The van der Waals surface area contributed by atoms with Crippen LogP contribution >= 0.6 is 0 Å². The van der Waals surface area contributed by atoms with Crippen molar-refractivity contribution in [3.63, 3.8) is 0 Å². The van der Waals surface area contributed by atoms with Gasteiger partial charge in [-0.25, -0.2) is 10.9 Å². The lowest BCUT2D eigenvalue weighted by atomic mass is 9.84. The molecular weight excluding hydrogens is 318 g/mol. The van der Waals surface area contributed by atoms with Crippen molar-refractivity contribution < 1.29 is 9.59 Å². The first-order chi connectivity index (χ1) is 12.0. The predicted octanol–water partition coefficient (Wildman–Crippen LogP) is 1.56. The second kappa shape index (κ2) is 5.41. The van der Waals surface area contributed by atoms with Crippen LogP contribution in [0.3, 0.4) is 0 Å². The quantitative estimate of drug-likeness (QED) is 0.816. The van der Waals surface area contributed by atoms with E-state index in [-0.39, 0.29) is 11.8 Å². The second-order valence-electron chi connectivity index (χ2n) is 6.26. The van der Waals surface area contributed by atoms with E-state index in [0.29, 0.717) is 22.6 Å². The summed E-state index contributed by atoms with van der Waals surface area (Å²) in [4.78, 5) is 24.9. The maximum Gasteiger partial charge on any atom is 0.273 e. The van der Waals surface area contributed by atoms with Crippen LogP contribution in [-0.2, 0) is 16.6 Å². The molecule has 3 heterocycles. The number of aryl methyl sites for hydroxylation is 1. The number of fused-ring (bicyclic) bond motifs is 1. The molecule has 4 rings (SSSR count). The van der Waals surface area contributed by atoms with E-state index in [4.69, 9.17) is 0 Å². The van der Waals surface area contributed by atoms with Crippen LogP contribution in [0.2, 0.25) is 0 Å². The van der Waals surface area contributed by atoms with E-state index >= 15 is 0 Å². The van der Waals surface area contributed by atoms with E-state index in [2.05, 4.69) is 21.1 Å². The zero-order valence-corrected chi connectivity index (χ0v) is 14.1. The molecular formula is C18H17N5O2. The SMILES string of the molecule is CC1=NNC(=O)/C1=C(/c1cn(C)c2ccccc12)C1C(=O)NN=C1C. The van der Waals surface area contributed by atoms with Crippen LogP contribution in [0.4, 0.5) is 0 Å². The summed E-state index contributed by atoms with van der Waals surface area (Å²) in [7, 11) is 1.94. The molecule has 1 atom stereocenters. The average molecular weight is 335 g/mol. The summed E-state index contributed by atoms with van der Waals surface area (Å²) in [5.74, 6) is -1.15. The van der Waals surface area contributed by atoms with E-state index in [1.165, 1.54) is 0 Å². The van der Waals surface area contributed by atoms with Crippen molar-refractivity contribution in [3.05, 3.63) is 41.6 Å². The highest BCUT2D eigenvalue weighted by Crippen LogP contribution is 2.37. The molecule has 126 valence electrons. The smallest absolute Gasteiger partial charge is 0.273 e. The van der Waals surface area contributed by atoms with Gasteiger partial charge in [-0.2, -0.15) is 10.2 Å². The first-order valence-corrected chi connectivity index (χ1v) is 7.96. The molecule has 0 aliphatic carbocycles. The van der Waals surface area contributed by atoms with Gasteiger partial charge < -0.3 is 4.57 Å². The number of aromatic nitrogens is 1. The van der Waals surface area contributed by atoms with Crippen molar-refractivity contribution in [2.45, 2.75) is 13.8 Å². The molecule has 0 fully saturated rings. The standard InChI is InChI=1S/C18H17N5O2/c1-9-14(17(24)21-19-9)16(15-10(2)20-22-18(15)25)12-8-23(3)13-7-5-4-6-11(12)13/h4-8,14H,1-3H3,(H,21,24)(H,22,25)/b16-15-. The largest absolute Gasteiger partial charge is 0.350 e. The van der Waals surface area contributed by atoms with Crippen molar-refractivity contribution in [1.29, 1.82) is 0 Å². The lowest BCUT2D eigenvalue weighted by molar-refractivity contribution is -0.120. The highest BCUT2D eigenvalue weighted by Gasteiger charge is 2.38. The normalized spacial score (nSPS) is 22.0. The number of rotatable bonds is 2. The zero-order chi connectivity index (χ0) is 17.7. The van der Waals surface area contributed by atoms with Crippen molar-refractivity contribution in [2.24, 2.45) is 23.2 Å².